The summed E-state index contributed by atoms with van der Waals surface area (Å²) in [7, 11) is -3.46. The van der Waals surface area contributed by atoms with Gasteiger partial charge in [0.05, 0.1) is 11.4 Å². The normalized spacial score (nSPS) is 14.3. The summed E-state index contributed by atoms with van der Waals surface area (Å²) in [5, 5.41) is 9.07. The van der Waals surface area contributed by atoms with Crippen molar-refractivity contribution in [2.75, 3.05) is 18.0 Å². The highest BCUT2D eigenvalue weighted by Gasteiger charge is 2.23. The van der Waals surface area contributed by atoms with E-state index in [-0.39, 0.29) is 11.5 Å². The molecule has 1 aliphatic rings. The van der Waals surface area contributed by atoms with E-state index in [0.29, 0.717) is 18.8 Å². The molecule has 0 radical (unpaired) electrons. The van der Waals surface area contributed by atoms with E-state index in [9.17, 15) is 8.42 Å². The molecule has 1 aromatic carbocycles. The lowest BCUT2D eigenvalue weighted by Crippen LogP contribution is -2.24. The van der Waals surface area contributed by atoms with E-state index in [4.69, 9.17) is 9.52 Å². The first-order valence-corrected chi connectivity index (χ1v) is 9.08. The lowest BCUT2D eigenvalue weighted by atomic mass is 10.2. The average molecular weight is 336 g/mol. The molecular weight excluding hydrogens is 316 g/mol. The second-order valence-corrected chi connectivity index (χ2v) is 7.26. The van der Waals surface area contributed by atoms with Gasteiger partial charge in [-0.2, -0.15) is 0 Å². The van der Waals surface area contributed by atoms with Crippen LogP contribution in [0.5, 0.6) is 0 Å². The summed E-state index contributed by atoms with van der Waals surface area (Å²) < 4.78 is 32.4. The molecule has 0 fully saturated rings. The number of anilines is 1. The topological polar surface area (TPSA) is 82.8 Å². The molecule has 0 amide bonds. The molecule has 1 aliphatic heterocycles. The number of furan rings is 1. The Morgan fingerprint density at radius 1 is 1.26 bits per heavy atom. The van der Waals surface area contributed by atoms with Crippen molar-refractivity contribution in [1.29, 1.82) is 0 Å². The third-order valence-corrected chi connectivity index (χ3v) is 5.46. The third kappa shape index (κ3) is 3.26. The Hall–Kier alpha value is -1.83. The molecule has 2 aromatic rings. The number of nitrogens with zero attached hydrogens (tertiary/aromatic N) is 1. The van der Waals surface area contributed by atoms with Crippen molar-refractivity contribution in [1.82, 2.24) is 4.72 Å². The Bertz CT molecular complexity index is 798. The minimum atomic E-state index is -3.46. The second-order valence-electron chi connectivity index (χ2n) is 5.49. The van der Waals surface area contributed by atoms with E-state index in [0.717, 1.165) is 30.0 Å². The van der Waals surface area contributed by atoms with Crippen molar-refractivity contribution < 1.29 is 17.9 Å². The Morgan fingerprint density at radius 3 is 2.74 bits per heavy atom. The maximum atomic E-state index is 12.2. The zero-order valence-electron chi connectivity index (χ0n) is 12.9. The fourth-order valence-corrected chi connectivity index (χ4v) is 3.87. The number of aliphatic hydroxyl groups is 1. The number of hydrogen-bond donors (Lipinski definition) is 2. The Labute approximate surface area is 135 Å². The van der Waals surface area contributed by atoms with Crippen molar-refractivity contribution in [2.24, 2.45) is 0 Å². The lowest BCUT2D eigenvalue weighted by Gasteiger charge is -2.18. The Balaban J connectivity index is 1.86. The standard InChI is InChI=1S/C16H20N2O4S/c1-2-17-23(20,21)15-6-3-12-7-8-18(16(12)9-15)10-13-4-5-14(11-19)22-13/h3-6,9,17,19H,2,7-8,10-11H2,1H3. The Morgan fingerprint density at radius 2 is 2.04 bits per heavy atom. The van der Waals surface area contributed by atoms with E-state index in [1.165, 1.54) is 0 Å². The van der Waals surface area contributed by atoms with E-state index < -0.39 is 10.0 Å². The predicted molar refractivity (Wildman–Crippen MR) is 86.7 cm³/mol. The van der Waals surface area contributed by atoms with Crippen LogP contribution in [0.1, 0.15) is 24.0 Å². The van der Waals surface area contributed by atoms with Crippen LogP contribution in [0.2, 0.25) is 0 Å². The van der Waals surface area contributed by atoms with E-state index >= 15 is 0 Å². The molecule has 3 rings (SSSR count). The SMILES string of the molecule is CCNS(=O)(=O)c1ccc2c(c1)N(Cc1ccc(CO)o1)CC2. The highest BCUT2D eigenvalue weighted by atomic mass is 32.2. The van der Waals surface area contributed by atoms with Gasteiger partial charge in [-0.05, 0) is 36.2 Å². The van der Waals surface area contributed by atoms with Crippen LogP contribution in [0.3, 0.4) is 0 Å². The fourth-order valence-electron chi connectivity index (χ4n) is 2.81. The van der Waals surface area contributed by atoms with Gasteiger partial charge >= 0.3 is 0 Å². The van der Waals surface area contributed by atoms with Crippen LogP contribution >= 0.6 is 0 Å². The first-order chi connectivity index (χ1) is 11.0. The third-order valence-electron chi connectivity index (χ3n) is 3.91. The Kier molecular flexibility index (Phi) is 4.43. The number of hydrogen-bond acceptors (Lipinski definition) is 5. The van der Waals surface area contributed by atoms with Crippen LogP contribution in [-0.4, -0.2) is 26.6 Å². The van der Waals surface area contributed by atoms with E-state index in [1.807, 2.05) is 12.1 Å². The summed E-state index contributed by atoms with van der Waals surface area (Å²) in [6.07, 6.45) is 0.879. The zero-order valence-corrected chi connectivity index (χ0v) is 13.8. The van der Waals surface area contributed by atoms with Crippen molar-refractivity contribution in [3.05, 3.63) is 47.4 Å². The molecule has 1 aromatic heterocycles. The highest BCUT2D eigenvalue weighted by Crippen LogP contribution is 2.31. The fraction of sp³-hybridized carbons (Fsp3) is 0.375. The van der Waals surface area contributed by atoms with Gasteiger partial charge < -0.3 is 14.4 Å². The maximum Gasteiger partial charge on any atom is 0.240 e. The monoisotopic (exact) mass is 336 g/mol. The molecule has 0 aliphatic carbocycles. The van der Waals surface area contributed by atoms with Gasteiger partial charge in [-0.25, -0.2) is 13.1 Å². The van der Waals surface area contributed by atoms with Gasteiger partial charge in [0, 0.05) is 18.8 Å². The summed E-state index contributed by atoms with van der Waals surface area (Å²) >= 11 is 0. The zero-order chi connectivity index (χ0) is 16.4. The van der Waals surface area contributed by atoms with Crippen LogP contribution in [0.25, 0.3) is 0 Å². The van der Waals surface area contributed by atoms with Crippen molar-refractivity contribution >= 4 is 15.7 Å². The molecule has 0 saturated heterocycles. The first kappa shape index (κ1) is 16.0. The highest BCUT2D eigenvalue weighted by molar-refractivity contribution is 7.89. The molecule has 0 unspecified atom stereocenters. The van der Waals surface area contributed by atoms with Crippen LogP contribution in [0, 0.1) is 0 Å². The smallest absolute Gasteiger partial charge is 0.240 e. The molecule has 6 nitrogen and oxygen atoms in total. The van der Waals surface area contributed by atoms with Crippen LogP contribution in [0.15, 0.2) is 39.6 Å². The minimum Gasteiger partial charge on any atom is -0.462 e. The number of benzene rings is 1. The minimum absolute atomic E-state index is 0.123. The molecule has 0 atom stereocenters. The molecular formula is C16H20N2O4S. The molecule has 2 N–H and O–H groups in total. The van der Waals surface area contributed by atoms with E-state index in [2.05, 4.69) is 9.62 Å². The second kappa shape index (κ2) is 6.35. The first-order valence-electron chi connectivity index (χ1n) is 7.59. The van der Waals surface area contributed by atoms with Gasteiger partial charge in [0.25, 0.3) is 0 Å². The van der Waals surface area contributed by atoms with E-state index in [1.54, 1.807) is 25.1 Å². The number of aliphatic hydroxyl groups excluding tert-OH is 1. The number of fused-ring (bicyclic) bond motifs is 1. The molecule has 0 bridgehead atoms. The summed E-state index contributed by atoms with van der Waals surface area (Å²) in [6.45, 7) is 3.36. The molecule has 23 heavy (non-hydrogen) atoms. The number of nitrogens with one attached hydrogen (secondary N) is 1. The summed E-state index contributed by atoms with van der Waals surface area (Å²) in [5.41, 5.74) is 2.06. The van der Waals surface area contributed by atoms with Crippen LogP contribution in [-0.2, 0) is 29.6 Å². The van der Waals surface area contributed by atoms with Crippen molar-refractivity contribution in [3.8, 4) is 0 Å². The van der Waals surface area contributed by atoms with Crippen LogP contribution in [0.4, 0.5) is 5.69 Å². The van der Waals surface area contributed by atoms with Crippen molar-refractivity contribution in [3.63, 3.8) is 0 Å². The van der Waals surface area contributed by atoms with Crippen LogP contribution < -0.4 is 9.62 Å². The quantitative estimate of drug-likeness (QED) is 0.838. The molecule has 0 saturated carbocycles. The van der Waals surface area contributed by atoms with Crippen molar-refractivity contribution in [2.45, 2.75) is 31.4 Å². The van der Waals surface area contributed by atoms with Gasteiger partial charge in [-0.3, -0.25) is 0 Å². The summed E-state index contributed by atoms with van der Waals surface area (Å²) in [6, 6.07) is 8.83. The van der Waals surface area contributed by atoms with Gasteiger partial charge in [0.15, 0.2) is 0 Å². The predicted octanol–water partition coefficient (Wildman–Crippen LogP) is 1.63. The largest absolute Gasteiger partial charge is 0.462 e. The van der Waals surface area contributed by atoms with Gasteiger partial charge in [-0.15, -0.1) is 0 Å². The molecule has 2 heterocycles. The molecule has 7 heteroatoms. The van der Waals surface area contributed by atoms with Gasteiger partial charge in [0.1, 0.15) is 18.1 Å². The number of rotatable bonds is 6. The van der Waals surface area contributed by atoms with Gasteiger partial charge in [0.2, 0.25) is 10.0 Å². The maximum absolute atomic E-state index is 12.2. The van der Waals surface area contributed by atoms with Gasteiger partial charge in [-0.1, -0.05) is 13.0 Å². The summed E-state index contributed by atoms with van der Waals surface area (Å²) in [5.74, 6) is 1.28. The summed E-state index contributed by atoms with van der Waals surface area (Å²) in [4.78, 5) is 2.38. The lowest BCUT2D eigenvalue weighted by molar-refractivity contribution is 0.243. The molecule has 124 valence electrons. The molecule has 0 spiro atoms. The average Bonchev–Trinajstić information content (AvgIpc) is 3.14. The number of sulfonamides is 1.